The molecule has 9 heteroatoms. The predicted octanol–water partition coefficient (Wildman–Crippen LogP) is 2.93. The van der Waals surface area contributed by atoms with Gasteiger partial charge < -0.3 is 9.47 Å². The Bertz CT molecular complexity index is 1170. The SMILES string of the molecule is CCOC(=O)c1sc2ncn(C(CC(=O)OC)C(=O)c3ccccc3)c(=O)c2c1C. The van der Waals surface area contributed by atoms with Crippen LogP contribution in [0.3, 0.4) is 0 Å². The van der Waals surface area contributed by atoms with Gasteiger partial charge in [-0.3, -0.25) is 19.0 Å². The highest BCUT2D eigenvalue weighted by molar-refractivity contribution is 7.20. The number of aryl methyl sites for hydroxylation is 1. The third kappa shape index (κ3) is 4.02. The molecule has 0 spiro atoms. The number of ether oxygens (including phenoxy) is 2. The monoisotopic (exact) mass is 428 g/mol. The van der Waals surface area contributed by atoms with Gasteiger partial charge in [-0.1, -0.05) is 30.3 Å². The molecular formula is C21H20N2O6S. The molecule has 2 aromatic heterocycles. The summed E-state index contributed by atoms with van der Waals surface area (Å²) in [5.74, 6) is -1.58. The molecule has 156 valence electrons. The number of aromatic nitrogens is 2. The molecule has 0 amide bonds. The van der Waals surface area contributed by atoms with Gasteiger partial charge >= 0.3 is 11.9 Å². The topological polar surface area (TPSA) is 105 Å². The van der Waals surface area contributed by atoms with Gasteiger partial charge in [0.1, 0.15) is 15.7 Å². The second-order valence-corrected chi connectivity index (χ2v) is 7.44. The molecule has 0 aliphatic carbocycles. The summed E-state index contributed by atoms with van der Waals surface area (Å²) in [4.78, 5) is 55.4. The van der Waals surface area contributed by atoms with E-state index in [1.165, 1.54) is 13.4 Å². The second kappa shape index (κ2) is 9.00. The van der Waals surface area contributed by atoms with Gasteiger partial charge in [-0.2, -0.15) is 0 Å². The zero-order valence-electron chi connectivity index (χ0n) is 16.7. The Balaban J connectivity index is 2.14. The van der Waals surface area contributed by atoms with Gasteiger partial charge in [-0.15, -0.1) is 11.3 Å². The molecule has 3 rings (SSSR count). The summed E-state index contributed by atoms with van der Waals surface area (Å²) in [6, 6.07) is 7.24. The van der Waals surface area contributed by atoms with E-state index in [1.54, 1.807) is 44.2 Å². The van der Waals surface area contributed by atoms with E-state index in [1.807, 2.05) is 0 Å². The van der Waals surface area contributed by atoms with Crippen LogP contribution in [0.5, 0.6) is 0 Å². The minimum atomic E-state index is -1.13. The number of nitrogens with zero attached hydrogens (tertiary/aromatic N) is 2. The van der Waals surface area contributed by atoms with Crippen LogP contribution in [0.25, 0.3) is 10.2 Å². The average Bonchev–Trinajstić information content (AvgIpc) is 3.10. The molecule has 1 unspecified atom stereocenters. The van der Waals surface area contributed by atoms with E-state index in [2.05, 4.69) is 4.98 Å². The van der Waals surface area contributed by atoms with Gasteiger partial charge in [0, 0.05) is 5.56 Å². The number of fused-ring (bicyclic) bond motifs is 1. The minimum absolute atomic E-state index is 0.205. The van der Waals surface area contributed by atoms with Crippen LogP contribution in [0, 0.1) is 6.92 Å². The van der Waals surface area contributed by atoms with E-state index in [0.29, 0.717) is 16.0 Å². The highest BCUT2D eigenvalue weighted by atomic mass is 32.1. The Kier molecular flexibility index (Phi) is 6.41. The Morgan fingerprint density at radius 1 is 1.20 bits per heavy atom. The van der Waals surface area contributed by atoms with E-state index < -0.39 is 29.3 Å². The van der Waals surface area contributed by atoms with Gasteiger partial charge in [0.05, 0.1) is 31.9 Å². The molecule has 0 saturated heterocycles. The molecule has 30 heavy (non-hydrogen) atoms. The molecule has 0 aliphatic rings. The van der Waals surface area contributed by atoms with Crippen LogP contribution in [0.2, 0.25) is 0 Å². The number of carbonyl (C=O) groups is 3. The summed E-state index contributed by atoms with van der Waals surface area (Å²) < 4.78 is 10.9. The van der Waals surface area contributed by atoms with E-state index >= 15 is 0 Å². The highest BCUT2D eigenvalue weighted by Gasteiger charge is 2.28. The van der Waals surface area contributed by atoms with Crippen LogP contribution in [0.1, 0.15) is 45.0 Å². The summed E-state index contributed by atoms with van der Waals surface area (Å²) in [7, 11) is 1.21. The lowest BCUT2D eigenvalue weighted by molar-refractivity contribution is -0.141. The normalized spacial score (nSPS) is 11.8. The number of rotatable bonds is 7. The van der Waals surface area contributed by atoms with Crippen LogP contribution >= 0.6 is 11.3 Å². The van der Waals surface area contributed by atoms with Gasteiger partial charge in [0.2, 0.25) is 0 Å². The van der Waals surface area contributed by atoms with Gasteiger partial charge in [-0.05, 0) is 19.4 Å². The predicted molar refractivity (Wildman–Crippen MR) is 111 cm³/mol. The third-order valence-electron chi connectivity index (χ3n) is 4.62. The van der Waals surface area contributed by atoms with Crippen molar-refractivity contribution in [3.8, 4) is 0 Å². The van der Waals surface area contributed by atoms with Crippen molar-refractivity contribution >= 4 is 39.3 Å². The lowest BCUT2D eigenvalue weighted by Gasteiger charge is -2.17. The first kappa shape index (κ1) is 21.4. The molecule has 2 heterocycles. The molecule has 1 atom stereocenters. The van der Waals surface area contributed by atoms with E-state index in [-0.39, 0.29) is 23.3 Å². The number of esters is 2. The summed E-state index contributed by atoms with van der Waals surface area (Å²) in [6.45, 7) is 3.53. The van der Waals surface area contributed by atoms with Crippen LogP contribution in [-0.4, -0.2) is 41.0 Å². The zero-order valence-corrected chi connectivity index (χ0v) is 17.5. The summed E-state index contributed by atoms with van der Waals surface area (Å²) in [6.07, 6.45) is 0.898. The fraction of sp³-hybridized carbons (Fsp3) is 0.286. The smallest absolute Gasteiger partial charge is 0.348 e. The molecular weight excluding hydrogens is 408 g/mol. The number of Topliss-reactive ketones (excluding diaryl/α,β-unsaturated/α-hetero) is 1. The standard InChI is InChI=1S/C21H20N2O6S/c1-4-29-21(27)18-12(2)16-19(30-18)22-11-23(20(16)26)14(10-15(24)28-3)17(25)13-8-6-5-7-9-13/h5-9,11,14H,4,10H2,1-3H3. The number of hydrogen-bond acceptors (Lipinski definition) is 8. The van der Waals surface area contributed by atoms with Gasteiger partial charge in [0.15, 0.2) is 5.78 Å². The van der Waals surface area contributed by atoms with Gasteiger partial charge in [0.25, 0.3) is 5.56 Å². The van der Waals surface area contributed by atoms with Crippen LogP contribution in [-0.2, 0) is 14.3 Å². The molecule has 0 N–H and O–H groups in total. The van der Waals surface area contributed by atoms with E-state index in [4.69, 9.17) is 9.47 Å². The number of thiophene rings is 1. The number of ketones is 1. The van der Waals surface area contributed by atoms with Crippen LogP contribution in [0.4, 0.5) is 0 Å². The third-order valence-corrected chi connectivity index (χ3v) is 5.80. The van der Waals surface area contributed by atoms with Crippen molar-refractivity contribution in [3.63, 3.8) is 0 Å². The molecule has 1 aromatic carbocycles. The largest absolute Gasteiger partial charge is 0.469 e. The number of methoxy groups -OCH3 is 1. The van der Waals surface area contributed by atoms with Crippen molar-refractivity contribution in [2.45, 2.75) is 26.3 Å². The summed E-state index contributed by atoms with van der Waals surface area (Å²) >= 11 is 1.05. The van der Waals surface area contributed by atoms with E-state index in [0.717, 1.165) is 15.9 Å². The average molecular weight is 428 g/mol. The van der Waals surface area contributed by atoms with Crippen molar-refractivity contribution in [1.29, 1.82) is 0 Å². The first-order valence-electron chi connectivity index (χ1n) is 9.22. The highest BCUT2D eigenvalue weighted by Crippen LogP contribution is 2.28. The van der Waals surface area contributed by atoms with Crippen LogP contribution in [0.15, 0.2) is 41.5 Å². The molecule has 0 aliphatic heterocycles. The van der Waals surface area contributed by atoms with Crippen molar-refractivity contribution in [3.05, 3.63) is 63.0 Å². The molecule has 0 fully saturated rings. The number of carbonyl (C=O) groups excluding carboxylic acids is 3. The Morgan fingerprint density at radius 3 is 2.53 bits per heavy atom. The fourth-order valence-electron chi connectivity index (χ4n) is 3.10. The van der Waals surface area contributed by atoms with E-state index in [9.17, 15) is 19.2 Å². The fourth-order valence-corrected chi connectivity index (χ4v) is 4.14. The maximum atomic E-state index is 13.3. The van der Waals surface area contributed by atoms with Crippen molar-refractivity contribution in [2.24, 2.45) is 0 Å². The zero-order chi connectivity index (χ0) is 21.8. The molecule has 0 radical (unpaired) electrons. The summed E-state index contributed by atoms with van der Waals surface area (Å²) in [5.41, 5.74) is 0.277. The maximum absolute atomic E-state index is 13.3. The minimum Gasteiger partial charge on any atom is -0.469 e. The molecule has 0 saturated carbocycles. The lowest BCUT2D eigenvalue weighted by atomic mass is 10.0. The molecule has 3 aromatic rings. The van der Waals surface area contributed by atoms with Crippen LogP contribution < -0.4 is 5.56 Å². The maximum Gasteiger partial charge on any atom is 0.348 e. The quantitative estimate of drug-likeness (QED) is 0.421. The summed E-state index contributed by atoms with van der Waals surface area (Å²) in [5, 5.41) is 0.223. The Hall–Kier alpha value is -3.33. The first-order valence-corrected chi connectivity index (χ1v) is 10.0. The Morgan fingerprint density at radius 2 is 1.90 bits per heavy atom. The lowest BCUT2D eigenvalue weighted by Crippen LogP contribution is -2.32. The first-order chi connectivity index (χ1) is 14.4. The number of hydrogen-bond donors (Lipinski definition) is 0. The molecule has 8 nitrogen and oxygen atoms in total. The van der Waals surface area contributed by atoms with Crippen molar-refractivity contribution in [2.75, 3.05) is 13.7 Å². The van der Waals surface area contributed by atoms with Crippen molar-refractivity contribution < 1.29 is 23.9 Å². The van der Waals surface area contributed by atoms with Gasteiger partial charge in [-0.25, -0.2) is 9.78 Å². The molecule has 0 bridgehead atoms. The number of benzene rings is 1. The van der Waals surface area contributed by atoms with Crippen molar-refractivity contribution in [1.82, 2.24) is 9.55 Å². The Labute approximate surface area is 176 Å². The second-order valence-electron chi connectivity index (χ2n) is 6.44.